The molecule has 21 heavy (non-hydrogen) atoms. The molecule has 1 fully saturated rings. The highest BCUT2D eigenvalue weighted by molar-refractivity contribution is 5.59. The van der Waals surface area contributed by atoms with Crippen molar-refractivity contribution in [3.63, 3.8) is 0 Å². The van der Waals surface area contributed by atoms with Gasteiger partial charge in [0.15, 0.2) is 0 Å². The average molecular weight is 295 g/mol. The second kappa shape index (κ2) is 6.43. The number of likely N-dealkylation sites (N-methyl/N-ethyl adjacent to an activating group) is 1. The molecule has 0 bridgehead atoms. The predicted molar refractivity (Wildman–Crippen MR) is 82.8 cm³/mol. The van der Waals surface area contributed by atoms with Crippen molar-refractivity contribution in [3.8, 4) is 0 Å². The Balaban J connectivity index is 2.20. The van der Waals surface area contributed by atoms with Gasteiger partial charge in [-0.25, -0.2) is 4.68 Å². The van der Waals surface area contributed by atoms with Crippen molar-refractivity contribution in [1.29, 1.82) is 0 Å². The molecular weight excluding hydrogens is 270 g/mol. The second-order valence-electron chi connectivity index (χ2n) is 5.88. The molecule has 1 aromatic rings. The normalized spacial score (nSPS) is 19.4. The minimum atomic E-state index is -0.338. The summed E-state index contributed by atoms with van der Waals surface area (Å²) < 4.78 is 1.72. The molecule has 1 unspecified atom stereocenters. The standard InChI is InChI=1S/C14H25N5O2/c1-5-17-8-6-7-12(17)9-15-14-13(19(20)21)11(4)16-18(14)10(2)3/h10,12,15H,5-9H2,1-4H3. The highest BCUT2D eigenvalue weighted by atomic mass is 16.6. The Morgan fingerprint density at radius 2 is 2.24 bits per heavy atom. The van der Waals surface area contributed by atoms with Crippen molar-refractivity contribution in [1.82, 2.24) is 14.7 Å². The molecule has 1 N–H and O–H groups in total. The summed E-state index contributed by atoms with van der Waals surface area (Å²) in [4.78, 5) is 13.4. The van der Waals surface area contributed by atoms with E-state index < -0.39 is 0 Å². The lowest BCUT2D eigenvalue weighted by Crippen LogP contribution is -2.35. The Bertz CT molecular complexity index is 512. The third-order valence-electron chi connectivity index (χ3n) is 4.14. The lowest BCUT2D eigenvalue weighted by atomic mass is 10.2. The van der Waals surface area contributed by atoms with Crippen molar-refractivity contribution in [2.45, 2.75) is 52.6 Å². The largest absolute Gasteiger partial charge is 0.363 e. The average Bonchev–Trinajstić information content (AvgIpc) is 2.99. The van der Waals surface area contributed by atoms with E-state index in [1.807, 2.05) is 13.8 Å². The van der Waals surface area contributed by atoms with Crippen molar-refractivity contribution in [2.24, 2.45) is 0 Å². The van der Waals surface area contributed by atoms with E-state index in [-0.39, 0.29) is 16.7 Å². The Hall–Kier alpha value is -1.63. The lowest BCUT2D eigenvalue weighted by Gasteiger charge is -2.23. The van der Waals surface area contributed by atoms with E-state index in [1.165, 1.54) is 6.42 Å². The first kappa shape index (κ1) is 15.8. The maximum absolute atomic E-state index is 11.3. The third-order valence-corrected chi connectivity index (χ3v) is 4.14. The van der Waals surface area contributed by atoms with Gasteiger partial charge < -0.3 is 5.32 Å². The number of anilines is 1. The zero-order valence-corrected chi connectivity index (χ0v) is 13.3. The van der Waals surface area contributed by atoms with Crippen LogP contribution in [0.5, 0.6) is 0 Å². The molecule has 1 aromatic heterocycles. The van der Waals surface area contributed by atoms with Crippen molar-refractivity contribution in [2.75, 3.05) is 25.0 Å². The van der Waals surface area contributed by atoms with Gasteiger partial charge in [-0.15, -0.1) is 0 Å². The van der Waals surface area contributed by atoms with Crippen LogP contribution >= 0.6 is 0 Å². The Kier molecular flexibility index (Phi) is 4.82. The SMILES string of the molecule is CCN1CCCC1CNc1c([N+](=O)[O-])c(C)nn1C(C)C. The fraction of sp³-hybridized carbons (Fsp3) is 0.786. The van der Waals surface area contributed by atoms with E-state index in [9.17, 15) is 10.1 Å². The summed E-state index contributed by atoms with van der Waals surface area (Å²) in [6.07, 6.45) is 2.34. The van der Waals surface area contributed by atoms with Crippen LogP contribution in [-0.2, 0) is 0 Å². The van der Waals surface area contributed by atoms with E-state index in [4.69, 9.17) is 0 Å². The number of likely N-dealkylation sites (tertiary alicyclic amines) is 1. The molecule has 0 amide bonds. The number of nitrogens with zero attached hydrogens (tertiary/aromatic N) is 4. The molecule has 1 saturated heterocycles. The van der Waals surface area contributed by atoms with Gasteiger partial charge in [-0.3, -0.25) is 15.0 Å². The summed E-state index contributed by atoms with van der Waals surface area (Å²) in [5, 5.41) is 18.9. The smallest absolute Gasteiger partial charge is 0.333 e. The molecule has 2 heterocycles. The molecular formula is C14H25N5O2. The molecule has 7 heteroatoms. The quantitative estimate of drug-likeness (QED) is 0.645. The number of hydrogen-bond acceptors (Lipinski definition) is 5. The minimum Gasteiger partial charge on any atom is -0.363 e. The predicted octanol–water partition coefficient (Wildman–Crippen LogP) is 2.58. The fourth-order valence-corrected chi connectivity index (χ4v) is 3.05. The summed E-state index contributed by atoms with van der Waals surface area (Å²) in [7, 11) is 0. The van der Waals surface area contributed by atoms with Gasteiger partial charge in [-0.1, -0.05) is 6.92 Å². The molecule has 1 aliphatic rings. The molecule has 0 saturated carbocycles. The monoisotopic (exact) mass is 295 g/mol. The Morgan fingerprint density at radius 3 is 2.81 bits per heavy atom. The van der Waals surface area contributed by atoms with Gasteiger partial charge >= 0.3 is 5.69 Å². The number of aromatic nitrogens is 2. The fourth-order valence-electron chi connectivity index (χ4n) is 3.05. The van der Waals surface area contributed by atoms with Crippen molar-refractivity contribution >= 4 is 11.5 Å². The van der Waals surface area contributed by atoms with Crippen LogP contribution in [-0.4, -0.2) is 45.3 Å². The number of hydrogen-bond donors (Lipinski definition) is 1. The van der Waals surface area contributed by atoms with Crippen LogP contribution in [0.3, 0.4) is 0 Å². The summed E-state index contributed by atoms with van der Waals surface area (Å²) in [5.74, 6) is 0.537. The van der Waals surface area contributed by atoms with E-state index >= 15 is 0 Å². The molecule has 2 rings (SSSR count). The Labute approximate surface area is 125 Å². The summed E-state index contributed by atoms with van der Waals surface area (Å²) in [6, 6.07) is 0.538. The van der Waals surface area contributed by atoms with E-state index in [0.29, 0.717) is 17.6 Å². The molecule has 1 aliphatic heterocycles. The molecule has 0 radical (unpaired) electrons. The highest BCUT2D eigenvalue weighted by Crippen LogP contribution is 2.31. The van der Waals surface area contributed by atoms with Crippen molar-refractivity contribution < 1.29 is 4.92 Å². The van der Waals surface area contributed by atoms with Crippen LogP contribution in [0.25, 0.3) is 0 Å². The van der Waals surface area contributed by atoms with Gasteiger partial charge in [-0.05, 0) is 46.7 Å². The minimum absolute atomic E-state index is 0.0887. The third kappa shape index (κ3) is 3.18. The van der Waals surface area contributed by atoms with Crippen molar-refractivity contribution in [3.05, 3.63) is 15.8 Å². The van der Waals surface area contributed by atoms with E-state index in [0.717, 1.165) is 26.1 Å². The number of nitro groups is 1. The topological polar surface area (TPSA) is 76.2 Å². The van der Waals surface area contributed by atoms with Crippen LogP contribution in [0, 0.1) is 17.0 Å². The molecule has 118 valence electrons. The highest BCUT2D eigenvalue weighted by Gasteiger charge is 2.28. The zero-order chi connectivity index (χ0) is 15.6. The molecule has 0 aliphatic carbocycles. The first-order chi connectivity index (χ1) is 9.95. The van der Waals surface area contributed by atoms with Gasteiger partial charge in [0.05, 0.1) is 4.92 Å². The molecule has 1 atom stereocenters. The van der Waals surface area contributed by atoms with E-state index in [1.54, 1.807) is 11.6 Å². The maximum Gasteiger partial charge on any atom is 0.333 e. The number of rotatable bonds is 6. The number of nitrogens with one attached hydrogen (secondary N) is 1. The zero-order valence-electron chi connectivity index (χ0n) is 13.3. The maximum atomic E-state index is 11.3. The van der Waals surface area contributed by atoms with Gasteiger partial charge in [0.2, 0.25) is 5.82 Å². The van der Waals surface area contributed by atoms with Crippen LogP contribution < -0.4 is 5.32 Å². The summed E-state index contributed by atoms with van der Waals surface area (Å²) >= 11 is 0. The lowest BCUT2D eigenvalue weighted by molar-refractivity contribution is -0.384. The van der Waals surface area contributed by atoms with Crippen LogP contribution in [0.2, 0.25) is 0 Å². The first-order valence-corrected chi connectivity index (χ1v) is 7.67. The molecule has 0 aromatic carbocycles. The summed E-state index contributed by atoms with van der Waals surface area (Å²) in [5.41, 5.74) is 0.569. The van der Waals surface area contributed by atoms with Crippen LogP contribution in [0.1, 0.15) is 45.3 Å². The summed E-state index contributed by atoms with van der Waals surface area (Å²) in [6.45, 7) is 10.7. The van der Waals surface area contributed by atoms with Crippen LogP contribution in [0.4, 0.5) is 11.5 Å². The van der Waals surface area contributed by atoms with Crippen LogP contribution in [0.15, 0.2) is 0 Å². The van der Waals surface area contributed by atoms with Gasteiger partial charge in [0, 0.05) is 18.6 Å². The Morgan fingerprint density at radius 1 is 1.52 bits per heavy atom. The van der Waals surface area contributed by atoms with Gasteiger partial charge in [-0.2, -0.15) is 5.10 Å². The number of aryl methyl sites for hydroxylation is 1. The molecule has 0 spiro atoms. The molecule has 7 nitrogen and oxygen atoms in total. The van der Waals surface area contributed by atoms with E-state index in [2.05, 4.69) is 22.2 Å². The van der Waals surface area contributed by atoms with Gasteiger partial charge in [0.25, 0.3) is 0 Å². The second-order valence-corrected chi connectivity index (χ2v) is 5.88. The van der Waals surface area contributed by atoms with Gasteiger partial charge in [0.1, 0.15) is 5.69 Å². The first-order valence-electron chi connectivity index (χ1n) is 7.67.